The molecule has 0 aliphatic carbocycles. The number of methoxy groups -OCH3 is 1. The molecular weight excluding hydrogens is 272 g/mol. The fraction of sp³-hybridized carbons (Fsp3) is 0.533. The Hall–Kier alpha value is -1.79. The summed E-state index contributed by atoms with van der Waals surface area (Å²) in [6.07, 6.45) is 1.73. The molecule has 1 heterocycles. The Bertz CT molecular complexity index is 459. The Morgan fingerprint density at radius 2 is 2.19 bits per heavy atom. The van der Waals surface area contributed by atoms with Crippen LogP contribution in [0.25, 0.3) is 0 Å². The predicted octanol–water partition coefficient (Wildman–Crippen LogP) is 1.70. The number of carbonyl (C=O) groups excluding carboxylic acids is 1. The average Bonchev–Trinajstić information content (AvgIpc) is 2.53. The van der Waals surface area contributed by atoms with E-state index in [9.17, 15) is 4.79 Å². The van der Waals surface area contributed by atoms with Crippen molar-refractivity contribution in [1.82, 2.24) is 4.90 Å². The molecule has 0 radical (unpaired) electrons. The van der Waals surface area contributed by atoms with Crippen molar-refractivity contribution in [3.63, 3.8) is 0 Å². The molecule has 0 saturated carbocycles. The zero-order valence-corrected chi connectivity index (χ0v) is 12.2. The molecule has 2 amide bonds. The molecule has 2 N–H and O–H groups in total. The van der Waals surface area contributed by atoms with Crippen LogP contribution in [0.1, 0.15) is 12.8 Å². The number of piperidine rings is 1. The first kappa shape index (κ1) is 15.6. The third-order valence-electron chi connectivity index (χ3n) is 3.50. The highest BCUT2D eigenvalue weighted by Gasteiger charge is 2.23. The first-order valence-corrected chi connectivity index (χ1v) is 7.15. The maximum absolute atomic E-state index is 12.2. The van der Waals surface area contributed by atoms with Crippen LogP contribution >= 0.6 is 0 Å². The van der Waals surface area contributed by atoms with Crippen molar-refractivity contribution in [2.45, 2.75) is 18.9 Å². The van der Waals surface area contributed by atoms with Crippen molar-refractivity contribution >= 4 is 11.7 Å². The van der Waals surface area contributed by atoms with Gasteiger partial charge in [-0.05, 0) is 25.0 Å². The lowest BCUT2D eigenvalue weighted by Crippen LogP contribution is -2.43. The molecule has 1 aliphatic heterocycles. The van der Waals surface area contributed by atoms with E-state index < -0.39 is 0 Å². The number of anilines is 1. The monoisotopic (exact) mass is 294 g/mol. The van der Waals surface area contributed by atoms with Gasteiger partial charge in [0, 0.05) is 24.8 Å². The maximum Gasteiger partial charge on any atom is 0.321 e. The molecule has 1 aromatic rings. The minimum Gasteiger partial charge on any atom is -0.497 e. The summed E-state index contributed by atoms with van der Waals surface area (Å²) in [6, 6.07) is 7.18. The summed E-state index contributed by atoms with van der Waals surface area (Å²) < 4.78 is 10.6. The van der Waals surface area contributed by atoms with Crippen LogP contribution in [0.15, 0.2) is 24.3 Å². The van der Waals surface area contributed by atoms with E-state index in [1.807, 2.05) is 18.2 Å². The van der Waals surface area contributed by atoms with Gasteiger partial charge in [0.25, 0.3) is 0 Å². The van der Waals surface area contributed by atoms with Gasteiger partial charge in [-0.3, -0.25) is 0 Å². The van der Waals surface area contributed by atoms with E-state index in [4.69, 9.17) is 14.6 Å². The molecule has 21 heavy (non-hydrogen) atoms. The van der Waals surface area contributed by atoms with E-state index in [1.165, 1.54) is 0 Å². The topological polar surface area (TPSA) is 71.0 Å². The van der Waals surface area contributed by atoms with Crippen molar-refractivity contribution in [3.8, 4) is 5.75 Å². The number of urea groups is 1. The van der Waals surface area contributed by atoms with Gasteiger partial charge in [-0.2, -0.15) is 0 Å². The summed E-state index contributed by atoms with van der Waals surface area (Å²) in [7, 11) is 1.60. The third kappa shape index (κ3) is 4.61. The maximum atomic E-state index is 12.2. The largest absolute Gasteiger partial charge is 0.497 e. The number of aliphatic hydroxyl groups excluding tert-OH is 1. The number of ether oxygens (including phenoxy) is 2. The van der Waals surface area contributed by atoms with Gasteiger partial charge in [0.15, 0.2) is 0 Å². The van der Waals surface area contributed by atoms with Gasteiger partial charge in [0.2, 0.25) is 0 Å². The van der Waals surface area contributed by atoms with Crippen LogP contribution in [0, 0.1) is 0 Å². The first-order valence-electron chi connectivity index (χ1n) is 7.15. The molecule has 0 unspecified atom stereocenters. The number of hydrogen-bond donors (Lipinski definition) is 2. The Balaban J connectivity index is 1.81. The molecule has 0 atom stereocenters. The second-order valence-electron chi connectivity index (χ2n) is 4.94. The fourth-order valence-corrected chi connectivity index (χ4v) is 2.35. The smallest absolute Gasteiger partial charge is 0.321 e. The van der Waals surface area contributed by atoms with Gasteiger partial charge in [-0.1, -0.05) is 6.07 Å². The van der Waals surface area contributed by atoms with E-state index in [0.29, 0.717) is 25.4 Å². The fourth-order valence-electron chi connectivity index (χ4n) is 2.35. The normalized spacial score (nSPS) is 15.8. The van der Waals surface area contributed by atoms with Gasteiger partial charge in [0.05, 0.1) is 26.4 Å². The van der Waals surface area contributed by atoms with E-state index in [2.05, 4.69) is 5.32 Å². The molecule has 1 saturated heterocycles. The zero-order chi connectivity index (χ0) is 15.1. The molecule has 2 rings (SSSR count). The lowest BCUT2D eigenvalue weighted by molar-refractivity contribution is -0.000875. The van der Waals surface area contributed by atoms with Crippen molar-refractivity contribution in [1.29, 1.82) is 0 Å². The number of likely N-dealkylation sites (tertiary alicyclic amines) is 1. The van der Waals surface area contributed by atoms with E-state index in [-0.39, 0.29) is 18.7 Å². The molecule has 0 aromatic heterocycles. The van der Waals surface area contributed by atoms with Crippen LogP contribution in [-0.4, -0.2) is 55.6 Å². The summed E-state index contributed by atoms with van der Waals surface area (Å²) in [5, 5.41) is 11.6. The molecule has 0 bridgehead atoms. The van der Waals surface area contributed by atoms with Gasteiger partial charge in [0.1, 0.15) is 5.75 Å². The lowest BCUT2D eigenvalue weighted by Gasteiger charge is -2.31. The summed E-state index contributed by atoms with van der Waals surface area (Å²) in [6.45, 7) is 1.72. The summed E-state index contributed by atoms with van der Waals surface area (Å²) >= 11 is 0. The quantitative estimate of drug-likeness (QED) is 0.867. The Labute approximate surface area is 124 Å². The van der Waals surface area contributed by atoms with Crippen molar-refractivity contribution in [3.05, 3.63) is 24.3 Å². The molecule has 1 aliphatic rings. The number of benzene rings is 1. The highest BCUT2D eigenvalue weighted by Crippen LogP contribution is 2.19. The first-order chi connectivity index (χ1) is 10.2. The average molecular weight is 294 g/mol. The SMILES string of the molecule is COc1cccc(NC(=O)N2CCC(OCCO)CC2)c1. The number of aliphatic hydroxyl groups is 1. The van der Waals surface area contributed by atoms with Crippen LogP contribution in [-0.2, 0) is 4.74 Å². The highest BCUT2D eigenvalue weighted by molar-refractivity contribution is 5.89. The van der Waals surface area contributed by atoms with Crippen LogP contribution < -0.4 is 10.1 Å². The van der Waals surface area contributed by atoms with Gasteiger partial charge in [-0.25, -0.2) is 4.79 Å². The number of carbonyl (C=O) groups is 1. The molecule has 6 nitrogen and oxygen atoms in total. The van der Waals surface area contributed by atoms with Crippen LogP contribution in [0.2, 0.25) is 0 Å². The highest BCUT2D eigenvalue weighted by atomic mass is 16.5. The molecule has 1 aromatic carbocycles. The molecule has 0 spiro atoms. The van der Waals surface area contributed by atoms with E-state index >= 15 is 0 Å². The second kappa shape index (κ2) is 7.85. The predicted molar refractivity (Wildman–Crippen MR) is 79.6 cm³/mol. The second-order valence-corrected chi connectivity index (χ2v) is 4.94. The van der Waals surface area contributed by atoms with Crippen molar-refractivity contribution in [2.24, 2.45) is 0 Å². The number of rotatable bonds is 5. The van der Waals surface area contributed by atoms with Gasteiger partial charge in [-0.15, -0.1) is 0 Å². The van der Waals surface area contributed by atoms with Crippen LogP contribution in [0.4, 0.5) is 10.5 Å². The lowest BCUT2D eigenvalue weighted by atomic mass is 10.1. The third-order valence-corrected chi connectivity index (χ3v) is 3.50. The standard InChI is InChI=1S/C15H22N2O4/c1-20-14-4-2-3-12(11-14)16-15(19)17-7-5-13(6-8-17)21-10-9-18/h2-4,11,13,18H,5-10H2,1H3,(H,16,19). The number of nitrogens with zero attached hydrogens (tertiary/aromatic N) is 1. The van der Waals surface area contributed by atoms with Gasteiger partial charge >= 0.3 is 6.03 Å². The Morgan fingerprint density at radius 3 is 2.86 bits per heavy atom. The summed E-state index contributed by atoms with van der Waals surface area (Å²) in [5.41, 5.74) is 0.720. The van der Waals surface area contributed by atoms with E-state index in [1.54, 1.807) is 18.1 Å². The van der Waals surface area contributed by atoms with Crippen LogP contribution in [0.5, 0.6) is 5.75 Å². The summed E-state index contributed by atoms with van der Waals surface area (Å²) in [4.78, 5) is 14.0. The minimum absolute atomic E-state index is 0.0382. The van der Waals surface area contributed by atoms with Gasteiger partial charge < -0.3 is 24.8 Å². The molecule has 1 fully saturated rings. The molecule has 6 heteroatoms. The van der Waals surface area contributed by atoms with E-state index in [0.717, 1.165) is 18.5 Å². The Morgan fingerprint density at radius 1 is 1.43 bits per heavy atom. The summed E-state index contributed by atoms with van der Waals surface area (Å²) in [5.74, 6) is 0.712. The van der Waals surface area contributed by atoms with Crippen molar-refractivity contribution in [2.75, 3.05) is 38.7 Å². The molecular formula is C15H22N2O4. The number of amides is 2. The number of nitrogens with one attached hydrogen (secondary N) is 1. The van der Waals surface area contributed by atoms with Crippen LogP contribution in [0.3, 0.4) is 0 Å². The number of hydrogen-bond acceptors (Lipinski definition) is 4. The molecule has 116 valence electrons. The Kier molecular flexibility index (Phi) is 5.83. The zero-order valence-electron chi connectivity index (χ0n) is 12.2. The minimum atomic E-state index is -0.108. The van der Waals surface area contributed by atoms with Crippen molar-refractivity contribution < 1.29 is 19.4 Å².